The fraction of sp³-hybridized carbons (Fsp3) is 0.0286. The molecule has 2 nitrogen and oxygen atoms in total. The van der Waals surface area contributed by atoms with Crippen molar-refractivity contribution in [3.8, 4) is 0 Å². The van der Waals surface area contributed by atoms with Crippen molar-refractivity contribution >= 4 is 102 Å². The van der Waals surface area contributed by atoms with Gasteiger partial charge in [-0.25, -0.2) is 0 Å². The summed E-state index contributed by atoms with van der Waals surface area (Å²) in [5.74, 6) is 0. The molecule has 10 aromatic rings. The molecule has 0 saturated carbocycles. The average molecular weight is 501 g/mol. The molecule has 176 valence electrons. The Hall–Kier alpha value is -4.60. The third kappa shape index (κ3) is 2.07. The molecule has 6 aromatic carbocycles. The van der Waals surface area contributed by atoms with Gasteiger partial charge >= 0.3 is 0 Å². The summed E-state index contributed by atoms with van der Waals surface area (Å²) < 4.78 is 7.72. The van der Waals surface area contributed by atoms with Crippen molar-refractivity contribution in [3.05, 3.63) is 103 Å². The van der Waals surface area contributed by atoms with Gasteiger partial charge in [-0.15, -0.1) is 11.3 Å². The van der Waals surface area contributed by atoms with Crippen LogP contribution in [0.25, 0.3) is 90.8 Å². The summed E-state index contributed by atoms with van der Waals surface area (Å²) in [6, 6.07) is 38.5. The minimum atomic E-state index is 1.28. The lowest BCUT2D eigenvalue weighted by molar-refractivity contribution is 1.02. The molecule has 0 radical (unpaired) electrons. The van der Waals surface area contributed by atoms with E-state index < -0.39 is 0 Å². The average Bonchev–Trinajstić information content (AvgIpc) is 3.58. The highest BCUT2D eigenvalue weighted by Crippen LogP contribution is 2.47. The van der Waals surface area contributed by atoms with Gasteiger partial charge in [0.05, 0.1) is 26.8 Å². The number of fused-ring (bicyclic) bond motifs is 11. The zero-order valence-corrected chi connectivity index (χ0v) is 21.4. The Balaban J connectivity index is 1.68. The van der Waals surface area contributed by atoms with Crippen molar-refractivity contribution in [1.82, 2.24) is 8.97 Å². The highest BCUT2D eigenvalue weighted by molar-refractivity contribution is 7.26. The Labute approximate surface area is 220 Å². The number of hydrogen-bond donors (Lipinski definition) is 0. The molecular formula is C35H20N2S. The van der Waals surface area contributed by atoms with E-state index in [2.05, 4.69) is 119 Å². The summed E-state index contributed by atoms with van der Waals surface area (Å²) >= 11 is 1.92. The van der Waals surface area contributed by atoms with E-state index in [9.17, 15) is 0 Å². The molecule has 0 amide bonds. The van der Waals surface area contributed by atoms with Crippen LogP contribution >= 0.6 is 11.3 Å². The second-order valence-corrected chi connectivity index (χ2v) is 11.6. The SMILES string of the molecule is Cn1c2cccc3c4cccc5c6ccc7c8ccccc8sc7c6n(c6cc7ccccc7c1c6c32)c45. The highest BCUT2D eigenvalue weighted by Gasteiger charge is 2.23. The highest BCUT2D eigenvalue weighted by atomic mass is 32.1. The van der Waals surface area contributed by atoms with Crippen molar-refractivity contribution in [2.75, 3.05) is 0 Å². The number of nitrogens with zero attached hydrogens (tertiary/aromatic N) is 2. The third-order valence-corrected chi connectivity index (χ3v) is 10.0. The summed E-state index contributed by atoms with van der Waals surface area (Å²) in [5, 5.41) is 13.3. The first-order valence-electron chi connectivity index (χ1n) is 13.1. The van der Waals surface area contributed by atoms with Gasteiger partial charge in [0.1, 0.15) is 0 Å². The van der Waals surface area contributed by atoms with Gasteiger partial charge in [0.15, 0.2) is 0 Å². The second kappa shape index (κ2) is 6.45. The Morgan fingerprint density at radius 2 is 1.18 bits per heavy atom. The largest absolute Gasteiger partial charge is 0.343 e. The Bertz CT molecular complexity index is 2630. The van der Waals surface area contributed by atoms with Gasteiger partial charge in [0.2, 0.25) is 0 Å². The zero-order chi connectivity index (χ0) is 24.7. The van der Waals surface area contributed by atoms with E-state index in [4.69, 9.17) is 0 Å². The molecule has 38 heavy (non-hydrogen) atoms. The maximum absolute atomic E-state index is 2.60. The van der Waals surface area contributed by atoms with E-state index in [1.54, 1.807) is 0 Å². The van der Waals surface area contributed by atoms with Gasteiger partial charge in [0, 0.05) is 60.4 Å². The predicted octanol–water partition coefficient (Wildman–Crippen LogP) is 10.0. The normalized spacial score (nSPS) is 12.9. The lowest BCUT2D eigenvalue weighted by atomic mass is 10.0. The zero-order valence-electron chi connectivity index (χ0n) is 20.6. The summed E-state index contributed by atoms with van der Waals surface area (Å²) in [7, 11) is 2.23. The van der Waals surface area contributed by atoms with Crippen molar-refractivity contribution in [1.29, 1.82) is 0 Å². The molecule has 4 aromatic heterocycles. The van der Waals surface area contributed by atoms with E-state index in [0.717, 1.165) is 0 Å². The van der Waals surface area contributed by atoms with Crippen LogP contribution in [0.1, 0.15) is 0 Å². The molecule has 0 spiro atoms. The maximum Gasteiger partial charge on any atom is 0.0720 e. The molecule has 10 rings (SSSR count). The van der Waals surface area contributed by atoms with Crippen molar-refractivity contribution in [3.63, 3.8) is 0 Å². The summed E-state index contributed by atoms with van der Waals surface area (Å²) in [6.07, 6.45) is 0. The fourth-order valence-corrected chi connectivity index (χ4v) is 8.54. The molecule has 0 atom stereocenters. The fourth-order valence-electron chi connectivity index (χ4n) is 7.30. The van der Waals surface area contributed by atoms with Crippen LogP contribution in [0.15, 0.2) is 103 Å². The smallest absolute Gasteiger partial charge is 0.0720 e. The molecule has 0 bridgehead atoms. The minimum absolute atomic E-state index is 1.28. The van der Waals surface area contributed by atoms with Gasteiger partial charge in [-0.1, -0.05) is 84.9 Å². The molecule has 0 N–H and O–H groups in total. The van der Waals surface area contributed by atoms with Crippen LogP contribution in [0.5, 0.6) is 0 Å². The summed E-state index contributed by atoms with van der Waals surface area (Å²) in [6.45, 7) is 0. The number of benzene rings is 6. The van der Waals surface area contributed by atoms with E-state index >= 15 is 0 Å². The van der Waals surface area contributed by atoms with Crippen LogP contribution < -0.4 is 0 Å². The topological polar surface area (TPSA) is 9.34 Å². The molecule has 0 aliphatic carbocycles. The van der Waals surface area contributed by atoms with Gasteiger partial charge in [0.25, 0.3) is 0 Å². The van der Waals surface area contributed by atoms with E-state index in [0.29, 0.717) is 0 Å². The van der Waals surface area contributed by atoms with Crippen LogP contribution in [0.3, 0.4) is 0 Å². The van der Waals surface area contributed by atoms with Crippen molar-refractivity contribution in [2.24, 2.45) is 7.05 Å². The molecular weight excluding hydrogens is 480 g/mol. The number of thiophene rings is 1. The molecule has 4 heterocycles. The third-order valence-electron chi connectivity index (χ3n) is 8.82. The number of para-hydroxylation sites is 1. The number of aromatic nitrogens is 2. The van der Waals surface area contributed by atoms with Gasteiger partial charge in [-0.05, 0) is 29.0 Å². The minimum Gasteiger partial charge on any atom is -0.343 e. The maximum atomic E-state index is 2.60. The van der Waals surface area contributed by atoms with Crippen molar-refractivity contribution < 1.29 is 0 Å². The molecule has 0 saturated heterocycles. The lowest BCUT2D eigenvalue weighted by Gasteiger charge is -2.08. The van der Waals surface area contributed by atoms with Gasteiger partial charge in [-0.3, -0.25) is 0 Å². The number of rotatable bonds is 0. The number of aryl methyl sites for hydroxylation is 1. The summed E-state index contributed by atoms with van der Waals surface area (Å²) in [5.41, 5.74) is 6.52. The summed E-state index contributed by atoms with van der Waals surface area (Å²) in [4.78, 5) is 0. The molecule has 0 unspecified atom stereocenters. The first-order valence-corrected chi connectivity index (χ1v) is 13.9. The van der Waals surface area contributed by atoms with E-state index in [-0.39, 0.29) is 0 Å². The Morgan fingerprint density at radius 3 is 2.11 bits per heavy atom. The van der Waals surface area contributed by atoms with Gasteiger partial charge < -0.3 is 8.97 Å². The lowest BCUT2D eigenvalue weighted by Crippen LogP contribution is -1.91. The van der Waals surface area contributed by atoms with Crippen LogP contribution in [0.4, 0.5) is 0 Å². The predicted molar refractivity (Wildman–Crippen MR) is 165 cm³/mol. The molecule has 0 aliphatic heterocycles. The monoisotopic (exact) mass is 500 g/mol. The number of hydrogen-bond acceptors (Lipinski definition) is 1. The molecule has 3 heteroatoms. The standard InChI is InChI=1S/C35H20N2S/c1-36-27-14-7-11-22-23-12-6-13-24-25-16-17-26-21-10-4-5-15-29(21)38-35(26)34(25)37(32(23)24)28-18-19-8-2-3-9-20(19)33(36)31(28)30(22)27/h2-18H,1H3. The van der Waals surface area contributed by atoms with Gasteiger partial charge in [-0.2, -0.15) is 0 Å². The Morgan fingerprint density at radius 1 is 0.500 bits per heavy atom. The van der Waals surface area contributed by atoms with Crippen LogP contribution in [-0.2, 0) is 7.05 Å². The first kappa shape index (κ1) is 19.5. The van der Waals surface area contributed by atoms with E-state index in [1.165, 1.54) is 90.8 Å². The van der Waals surface area contributed by atoms with E-state index in [1.807, 2.05) is 11.3 Å². The second-order valence-electron chi connectivity index (χ2n) is 10.6. The van der Waals surface area contributed by atoms with Crippen LogP contribution in [0.2, 0.25) is 0 Å². The van der Waals surface area contributed by atoms with Crippen LogP contribution in [0, 0.1) is 0 Å². The van der Waals surface area contributed by atoms with Crippen molar-refractivity contribution in [2.45, 2.75) is 0 Å². The molecule has 0 aliphatic rings. The quantitative estimate of drug-likeness (QED) is 0.196. The first-order chi connectivity index (χ1) is 18.8. The van der Waals surface area contributed by atoms with Crippen LogP contribution in [-0.4, -0.2) is 8.97 Å². The molecule has 0 fully saturated rings. The Kier molecular flexibility index (Phi) is 3.31.